The molecule has 1 aromatic carbocycles. The predicted molar refractivity (Wildman–Crippen MR) is 83.2 cm³/mol. The van der Waals surface area contributed by atoms with Crippen LogP contribution in [-0.4, -0.2) is 28.0 Å². The third kappa shape index (κ3) is 2.20. The number of aromatic nitrogens is 3. The van der Waals surface area contributed by atoms with Crippen molar-refractivity contribution in [2.45, 2.75) is 13.0 Å². The highest BCUT2D eigenvalue weighted by atomic mass is 19.1. The number of nitrogens with zero attached hydrogens (tertiary/aromatic N) is 2. The van der Waals surface area contributed by atoms with Crippen LogP contribution in [0.3, 0.4) is 0 Å². The summed E-state index contributed by atoms with van der Waals surface area (Å²) in [7, 11) is 1.48. The van der Waals surface area contributed by atoms with Crippen molar-refractivity contribution in [2.24, 2.45) is 0 Å². The quantitative estimate of drug-likeness (QED) is 0.752. The lowest BCUT2D eigenvalue weighted by molar-refractivity contribution is 0.411. The van der Waals surface area contributed by atoms with E-state index in [0.717, 1.165) is 24.2 Å². The number of nitrogens with one attached hydrogen (secondary N) is 2. The lowest BCUT2D eigenvalue weighted by Crippen LogP contribution is -2.29. The monoisotopic (exact) mass is 314 g/mol. The molecule has 0 aliphatic carbocycles. The molecule has 4 rings (SSSR count). The van der Waals surface area contributed by atoms with Crippen molar-refractivity contribution in [1.29, 1.82) is 0 Å². The minimum Gasteiger partial charge on any atom is -0.497 e. The number of methoxy groups -OCH3 is 1. The van der Waals surface area contributed by atoms with Gasteiger partial charge >= 0.3 is 5.69 Å². The standard InChI is InChI=1S/C16H15FN4O2/c1-23-9-2-3-10(12(17)6-9)14-8-21-15(19-14)11-7-18-5-4-13(11)20-16(21)22/h2-3,6,8,18H,4-5,7H2,1H3,(H,20,22). The van der Waals surface area contributed by atoms with Gasteiger partial charge in [0, 0.05) is 48.6 Å². The largest absolute Gasteiger partial charge is 0.497 e. The van der Waals surface area contributed by atoms with Crippen LogP contribution in [0, 0.1) is 5.82 Å². The average molecular weight is 314 g/mol. The molecule has 3 aromatic rings. The van der Waals surface area contributed by atoms with Crippen LogP contribution in [0.5, 0.6) is 5.75 Å². The van der Waals surface area contributed by atoms with Crippen molar-refractivity contribution in [3.63, 3.8) is 0 Å². The minimum absolute atomic E-state index is 0.256. The molecule has 0 saturated carbocycles. The second-order valence-electron chi connectivity index (χ2n) is 5.48. The zero-order valence-corrected chi connectivity index (χ0v) is 12.5. The Bertz CT molecular complexity index is 961. The van der Waals surface area contributed by atoms with Crippen LogP contribution >= 0.6 is 0 Å². The van der Waals surface area contributed by atoms with Gasteiger partial charge in [0.25, 0.3) is 0 Å². The van der Waals surface area contributed by atoms with Gasteiger partial charge in [-0.1, -0.05) is 0 Å². The summed E-state index contributed by atoms with van der Waals surface area (Å²) in [5, 5.41) is 3.26. The van der Waals surface area contributed by atoms with E-state index in [4.69, 9.17) is 4.74 Å². The molecule has 0 atom stereocenters. The maximum absolute atomic E-state index is 14.3. The molecule has 1 aliphatic rings. The topological polar surface area (TPSA) is 71.4 Å². The van der Waals surface area contributed by atoms with Gasteiger partial charge in [-0.25, -0.2) is 14.2 Å². The molecule has 2 aromatic heterocycles. The van der Waals surface area contributed by atoms with E-state index in [1.165, 1.54) is 17.6 Å². The summed E-state index contributed by atoms with van der Waals surface area (Å²) in [6, 6.07) is 4.58. The normalized spacial score (nSPS) is 14.0. The van der Waals surface area contributed by atoms with Crippen LogP contribution in [0.2, 0.25) is 0 Å². The van der Waals surface area contributed by atoms with Gasteiger partial charge in [0.1, 0.15) is 17.2 Å². The van der Waals surface area contributed by atoms with E-state index in [-0.39, 0.29) is 5.69 Å². The Morgan fingerprint density at radius 1 is 1.39 bits per heavy atom. The van der Waals surface area contributed by atoms with E-state index in [1.54, 1.807) is 18.3 Å². The van der Waals surface area contributed by atoms with Crippen LogP contribution in [0.25, 0.3) is 16.9 Å². The SMILES string of the molecule is COc1ccc(-c2cn3c(=O)[nH]c4c(c3n2)CNCC4)c(F)c1. The number of H-pyrrole nitrogens is 1. The van der Waals surface area contributed by atoms with Crippen molar-refractivity contribution >= 4 is 5.65 Å². The van der Waals surface area contributed by atoms with Gasteiger partial charge in [-0.2, -0.15) is 0 Å². The predicted octanol–water partition coefficient (Wildman–Crippen LogP) is 1.48. The first kappa shape index (κ1) is 14.0. The summed E-state index contributed by atoms with van der Waals surface area (Å²) in [5.74, 6) is 0.00520. The van der Waals surface area contributed by atoms with E-state index >= 15 is 0 Å². The Labute approximate surface area is 130 Å². The number of hydrogen-bond donors (Lipinski definition) is 2. The zero-order valence-electron chi connectivity index (χ0n) is 12.5. The lowest BCUT2D eigenvalue weighted by atomic mass is 10.1. The third-order valence-electron chi connectivity index (χ3n) is 4.12. The summed E-state index contributed by atoms with van der Waals surface area (Å²) in [4.78, 5) is 19.6. The van der Waals surface area contributed by atoms with Gasteiger partial charge in [-0.3, -0.25) is 4.40 Å². The van der Waals surface area contributed by atoms with Crippen LogP contribution in [0.4, 0.5) is 4.39 Å². The van der Waals surface area contributed by atoms with Gasteiger partial charge in [0.15, 0.2) is 0 Å². The molecule has 0 saturated heterocycles. The Morgan fingerprint density at radius 2 is 2.26 bits per heavy atom. The fourth-order valence-corrected chi connectivity index (χ4v) is 2.93. The van der Waals surface area contributed by atoms with Crippen molar-refractivity contribution in [3.05, 3.63) is 52.0 Å². The summed E-state index contributed by atoms with van der Waals surface area (Å²) in [5.41, 5.74) is 2.93. The molecule has 3 heterocycles. The molecular formula is C16H15FN4O2. The smallest absolute Gasteiger partial charge is 0.331 e. The van der Waals surface area contributed by atoms with Crippen molar-refractivity contribution < 1.29 is 9.13 Å². The molecule has 0 amide bonds. The number of imidazole rings is 1. The van der Waals surface area contributed by atoms with Crippen LogP contribution in [-0.2, 0) is 13.0 Å². The molecule has 1 aliphatic heterocycles. The maximum Gasteiger partial charge on any atom is 0.331 e. The third-order valence-corrected chi connectivity index (χ3v) is 4.12. The summed E-state index contributed by atoms with van der Waals surface area (Å²) >= 11 is 0. The van der Waals surface area contributed by atoms with E-state index < -0.39 is 5.82 Å². The highest BCUT2D eigenvalue weighted by Crippen LogP contribution is 2.26. The molecule has 2 N–H and O–H groups in total. The van der Waals surface area contributed by atoms with E-state index in [0.29, 0.717) is 29.2 Å². The second-order valence-corrected chi connectivity index (χ2v) is 5.48. The van der Waals surface area contributed by atoms with E-state index in [1.807, 2.05) is 0 Å². The molecule has 118 valence electrons. The Hall–Kier alpha value is -2.67. The molecule has 0 radical (unpaired) electrons. The summed E-state index contributed by atoms with van der Waals surface area (Å²) < 4.78 is 20.7. The molecule has 0 fully saturated rings. The first-order valence-corrected chi connectivity index (χ1v) is 7.35. The van der Waals surface area contributed by atoms with Gasteiger partial charge < -0.3 is 15.0 Å². The summed E-state index contributed by atoms with van der Waals surface area (Å²) in [6.07, 6.45) is 2.31. The fourth-order valence-electron chi connectivity index (χ4n) is 2.93. The van der Waals surface area contributed by atoms with Crippen LogP contribution in [0.1, 0.15) is 11.3 Å². The number of benzene rings is 1. The molecule has 7 heteroatoms. The van der Waals surface area contributed by atoms with Crippen molar-refractivity contribution in [1.82, 2.24) is 19.7 Å². The highest BCUT2D eigenvalue weighted by Gasteiger charge is 2.19. The number of rotatable bonds is 2. The van der Waals surface area contributed by atoms with Gasteiger partial charge in [0.2, 0.25) is 0 Å². The molecule has 6 nitrogen and oxygen atoms in total. The fraction of sp³-hybridized carbons (Fsp3) is 0.250. The zero-order chi connectivity index (χ0) is 16.0. The number of halogens is 1. The number of aromatic amines is 1. The Morgan fingerprint density at radius 3 is 3.04 bits per heavy atom. The van der Waals surface area contributed by atoms with Crippen molar-refractivity contribution in [3.8, 4) is 17.0 Å². The second kappa shape index (κ2) is 5.20. The average Bonchev–Trinajstić information content (AvgIpc) is 3.00. The van der Waals surface area contributed by atoms with Gasteiger partial charge in [-0.05, 0) is 12.1 Å². The molecule has 23 heavy (non-hydrogen) atoms. The molecule has 0 spiro atoms. The number of hydrogen-bond acceptors (Lipinski definition) is 4. The van der Waals surface area contributed by atoms with E-state index in [9.17, 15) is 9.18 Å². The first-order valence-electron chi connectivity index (χ1n) is 7.35. The Kier molecular flexibility index (Phi) is 3.16. The van der Waals surface area contributed by atoms with Crippen molar-refractivity contribution in [2.75, 3.05) is 13.7 Å². The number of ether oxygens (including phenoxy) is 1. The van der Waals surface area contributed by atoms with Crippen LogP contribution in [0.15, 0.2) is 29.2 Å². The summed E-state index contributed by atoms with van der Waals surface area (Å²) in [6.45, 7) is 1.46. The molecule has 0 unspecified atom stereocenters. The minimum atomic E-state index is -0.434. The lowest BCUT2D eigenvalue weighted by Gasteiger charge is -2.16. The van der Waals surface area contributed by atoms with E-state index in [2.05, 4.69) is 15.3 Å². The van der Waals surface area contributed by atoms with Gasteiger partial charge in [-0.15, -0.1) is 0 Å². The first-order chi connectivity index (χ1) is 11.2. The molecule has 0 bridgehead atoms. The molecular weight excluding hydrogens is 299 g/mol. The highest BCUT2D eigenvalue weighted by molar-refractivity contribution is 5.66. The maximum atomic E-state index is 14.3. The number of fused-ring (bicyclic) bond motifs is 3. The van der Waals surface area contributed by atoms with Crippen LogP contribution < -0.4 is 15.7 Å². The van der Waals surface area contributed by atoms with Gasteiger partial charge in [0.05, 0.1) is 12.8 Å². The Balaban J connectivity index is 1.93.